The Hall–Kier alpha value is -1.72. The number of hydrogen-bond donors (Lipinski definition) is 3. The van der Waals surface area contributed by atoms with Crippen molar-refractivity contribution in [2.24, 2.45) is 5.73 Å². The van der Waals surface area contributed by atoms with Crippen molar-refractivity contribution in [3.63, 3.8) is 0 Å². The van der Waals surface area contributed by atoms with Gasteiger partial charge >= 0.3 is 0 Å². The molecule has 5 heteroatoms. The van der Waals surface area contributed by atoms with Crippen molar-refractivity contribution in [2.45, 2.75) is 18.6 Å². The molecule has 2 unspecified atom stereocenters. The van der Waals surface area contributed by atoms with Crippen LogP contribution < -0.4 is 5.73 Å². The van der Waals surface area contributed by atoms with E-state index < -0.39 is 18.1 Å². The van der Waals surface area contributed by atoms with E-state index in [0.717, 1.165) is 0 Å². The maximum Gasteiger partial charge on any atom is 0.220 e. The van der Waals surface area contributed by atoms with Gasteiger partial charge in [0.05, 0.1) is 12.5 Å². The maximum atomic E-state index is 10.6. The van der Waals surface area contributed by atoms with Crippen LogP contribution in [0.2, 0.25) is 0 Å². The maximum absolute atomic E-state index is 10.6. The van der Waals surface area contributed by atoms with E-state index in [1.165, 1.54) is 24.3 Å². The average Bonchev–Trinajstić information content (AvgIpc) is 2.27. The molecule has 0 bridgehead atoms. The Morgan fingerprint density at radius 3 is 2.31 bits per heavy atom. The summed E-state index contributed by atoms with van der Waals surface area (Å²) in [4.78, 5) is 20.9. The third kappa shape index (κ3) is 3.15. The fourth-order valence-electron chi connectivity index (χ4n) is 1.31. The molecule has 0 spiro atoms. The number of carbonyl (C=O) groups is 2. The molecule has 1 aromatic rings. The highest BCUT2D eigenvalue weighted by atomic mass is 16.3. The molecule has 0 aliphatic rings. The zero-order chi connectivity index (χ0) is 12.1. The van der Waals surface area contributed by atoms with Crippen molar-refractivity contribution in [3.8, 4) is 0 Å². The predicted octanol–water partition coefficient (Wildman–Crippen LogP) is -0.231. The second-order valence-corrected chi connectivity index (χ2v) is 3.47. The summed E-state index contributed by atoms with van der Waals surface area (Å²) < 4.78 is 0. The quantitative estimate of drug-likeness (QED) is 0.600. The van der Waals surface area contributed by atoms with E-state index >= 15 is 0 Å². The number of hydrogen-bond acceptors (Lipinski definition) is 4. The van der Waals surface area contributed by atoms with Crippen molar-refractivity contribution in [3.05, 3.63) is 35.4 Å². The molecule has 0 saturated carbocycles. The van der Waals surface area contributed by atoms with Gasteiger partial charge in [0.2, 0.25) is 5.91 Å². The lowest BCUT2D eigenvalue weighted by molar-refractivity contribution is -0.121. The smallest absolute Gasteiger partial charge is 0.220 e. The van der Waals surface area contributed by atoms with E-state index in [1.807, 2.05) is 0 Å². The molecule has 1 aromatic carbocycles. The molecule has 1 rings (SSSR count). The van der Waals surface area contributed by atoms with E-state index in [4.69, 9.17) is 5.73 Å². The van der Waals surface area contributed by atoms with Crippen LogP contribution >= 0.6 is 0 Å². The number of aliphatic hydroxyl groups is 2. The topological polar surface area (TPSA) is 101 Å². The third-order valence-electron chi connectivity index (χ3n) is 2.19. The molecule has 0 heterocycles. The van der Waals surface area contributed by atoms with Gasteiger partial charge in [-0.15, -0.1) is 0 Å². The highest BCUT2D eigenvalue weighted by Crippen LogP contribution is 2.18. The molecule has 0 saturated heterocycles. The van der Waals surface area contributed by atoms with Gasteiger partial charge in [0.1, 0.15) is 12.4 Å². The van der Waals surface area contributed by atoms with Crippen LogP contribution in [0.3, 0.4) is 0 Å². The Morgan fingerprint density at radius 2 is 1.88 bits per heavy atom. The van der Waals surface area contributed by atoms with Gasteiger partial charge in [-0.2, -0.15) is 0 Å². The molecule has 86 valence electrons. The first-order chi connectivity index (χ1) is 7.54. The number of benzene rings is 1. The van der Waals surface area contributed by atoms with Crippen LogP contribution in [0.5, 0.6) is 0 Å². The summed E-state index contributed by atoms with van der Waals surface area (Å²) in [6.45, 7) is 0. The van der Waals surface area contributed by atoms with Crippen LogP contribution in [0.15, 0.2) is 24.3 Å². The number of rotatable bonds is 5. The van der Waals surface area contributed by atoms with Gasteiger partial charge in [0, 0.05) is 5.56 Å². The molecular weight excluding hydrogens is 210 g/mol. The normalized spacial score (nSPS) is 14.1. The first-order valence-corrected chi connectivity index (χ1v) is 4.74. The fraction of sp³-hybridized carbons (Fsp3) is 0.273. The first kappa shape index (κ1) is 12.4. The summed E-state index contributed by atoms with van der Waals surface area (Å²) in [5, 5.41) is 19.1. The van der Waals surface area contributed by atoms with Gasteiger partial charge in [0.25, 0.3) is 0 Å². The van der Waals surface area contributed by atoms with E-state index in [2.05, 4.69) is 0 Å². The Kier molecular flexibility index (Phi) is 4.16. The molecule has 5 nitrogen and oxygen atoms in total. The predicted molar refractivity (Wildman–Crippen MR) is 56.6 cm³/mol. The van der Waals surface area contributed by atoms with Gasteiger partial charge < -0.3 is 15.9 Å². The summed E-state index contributed by atoms with van der Waals surface area (Å²) in [5.41, 5.74) is 5.80. The van der Waals surface area contributed by atoms with Crippen molar-refractivity contribution in [1.29, 1.82) is 0 Å². The van der Waals surface area contributed by atoms with Gasteiger partial charge in [-0.1, -0.05) is 24.3 Å². The van der Waals surface area contributed by atoms with E-state index in [1.54, 1.807) is 0 Å². The van der Waals surface area contributed by atoms with Gasteiger partial charge in [-0.25, -0.2) is 0 Å². The largest absolute Gasteiger partial charge is 0.390 e. The van der Waals surface area contributed by atoms with Crippen LogP contribution in [0.4, 0.5) is 0 Å². The Balaban J connectivity index is 2.75. The fourth-order valence-corrected chi connectivity index (χ4v) is 1.31. The second-order valence-electron chi connectivity index (χ2n) is 3.47. The number of primary amides is 1. The van der Waals surface area contributed by atoms with Crippen LogP contribution in [-0.4, -0.2) is 28.5 Å². The monoisotopic (exact) mass is 223 g/mol. The second kappa shape index (κ2) is 5.39. The van der Waals surface area contributed by atoms with Crippen molar-refractivity contribution < 1.29 is 19.8 Å². The van der Waals surface area contributed by atoms with Crippen molar-refractivity contribution in [1.82, 2.24) is 0 Å². The minimum absolute atomic E-state index is 0.309. The lowest BCUT2D eigenvalue weighted by Crippen LogP contribution is -2.25. The van der Waals surface area contributed by atoms with Crippen LogP contribution in [0.25, 0.3) is 0 Å². The van der Waals surface area contributed by atoms with E-state index in [-0.39, 0.29) is 6.42 Å². The molecule has 0 fully saturated rings. The van der Waals surface area contributed by atoms with Gasteiger partial charge in [-0.3, -0.25) is 9.59 Å². The SMILES string of the molecule is NC(=O)CC(O)C(O)c1ccc(C=O)cc1. The zero-order valence-electron chi connectivity index (χ0n) is 8.54. The molecule has 0 aliphatic heterocycles. The molecule has 0 aromatic heterocycles. The number of nitrogens with two attached hydrogens (primary N) is 1. The summed E-state index contributed by atoms with van der Waals surface area (Å²) in [6.07, 6.45) is -2.06. The van der Waals surface area contributed by atoms with Crippen molar-refractivity contribution >= 4 is 12.2 Å². The summed E-state index contributed by atoms with van der Waals surface area (Å²) >= 11 is 0. The number of aldehydes is 1. The Bertz CT molecular complexity index is 374. The van der Waals surface area contributed by atoms with E-state index in [0.29, 0.717) is 17.4 Å². The van der Waals surface area contributed by atoms with Crippen LogP contribution in [0.1, 0.15) is 28.4 Å². The van der Waals surface area contributed by atoms with Gasteiger partial charge in [0.15, 0.2) is 0 Å². The molecular formula is C11H13NO4. The molecule has 0 radical (unpaired) electrons. The standard InChI is InChI=1S/C11H13NO4/c12-10(15)5-9(14)11(16)8-3-1-7(6-13)2-4-8/h1-4,6,9,11,14,16H,5H2,(H2,12,15). The van der Waals surface area contributed by atoms with Crippen LogP contribution in [0, 0.1) is 0 Å². The molecule has 16 heavy (non-hydrogen) atoms. The minimum atomic E-state index is -1.24. The molecule has 0 aliphatic carbocycles. The van der Waals surface area contributed by atoms with E-state index in [9.17, 15) is 19.8 Å². The molecule has 4 N–H and O–H groups in total. The lowest BCUT2D eigenvalue weighted by Gasteiger charge is -2.16. The minimum Gasteiger partial charge on any atom is -0.390 e. The lowest BCUT2D eigenvalue weighted by atomic mass is 10.0. The highest BCUT2D eigenvalue weighted by Gasteiger charge is 2.19. The number of carbonyl (C=O) groups excluding carboxylic acids is 2. The average molecular weight is 223 g/mol. The number of aliphatic hydroxyl groups excluding tert-OH is 2. The van der Waals surface area contributed by atoms with Gasteiger partial charge in [-0.05, 0) is 5.56 Å². The molecule has 2 atom stereocenters. The highest BCUT2D eigenvalue weighted by molar-refractivity contribution is 5.75. The third-order valence-corrected chi connectivity index (χ3v) is 2.19. The van der Waals surface area contributed by atoms with Crippen LogP contribution in [-0.2, 0) is 4.79 Å². The summed E-state index contributed by atoms with van der Waals surface area (Å²) in [7, 11) is 0. The Labute approximate surface area is 92.5 Å². The Morgan fingerprint density at radius 1 is 1.31 bits per heavy atom. The number of amides is 1. The molecule has 1 amide bonds. The summed E-state index contributed by atoms with van der Waals surface area (Å²) in [6, 6.07) is 6.06. The first-order valence-electron chi connectivity index (χ1n) is 4.74. The summed E-state index contributed by atoms with van der Waals surface area (Å²) in [5.74, 6) is -0.684. The van der Waals surface area contributed by atoms with Crippen molar-refractivity contribution in [2.75, 3.05) is 0 Å². The zero-order valence-corrected chi connectivity index (χ0v) is 8.54.